The number of carbonyl (C=O) groups is 1. The summed E-state index contributed by atoms with van der Waals surface area (Å²) in [5.74, 6) is 0.529. The molecule has 0 fully saturated rings. The van der Waals surface area contributed by atoms with Gasteiger partial charge >= 0.3 is 5.97 Å². The molecule has 0 N–H and O–H groups in total. The predicted octanol–water partition coefficient (Wildman–Crippen LogP) is 2.39. The fourth-order valence-electron chi connectivity index (χ4n) is 2.09. The molecular formula is C15H19NO3. The third kappa shape index (κ3) is 3.28. The first-order valence-electron chi connectivity index (χ1n) is 6.54. The summed E-state index contributed by atoms with van der Waals surface area (Å²) in [6, 6.07) is 7.86. The second kappa shape index (κ2) is 6.27. The van der Waals surface area contributed by atoms with E-state index in [2.05, 4.69) is 11.5 Å². The topological polar surface area (TPSA) is 38.8 Å². The number of carbonyl (C=O) groups excluding carboxylic acids is 1. The van der Waals surface area contributed by atoms with Gasteiger partial charge in [0, 0.05) is 18.7 Å². The highest BCUT2D eigenvalue weighted by Crippen LogP contribution is 2.30. The fraction of sp³-hybridized carbons (Fsp3) is 0.400. The van der Waals surface area contributed by atoms with Gasteiger partial charge in [-0.25, -0.2) is 4.79 Å². The lowest BCUT2D eigenvalue weighted by Crippen LogP contribution is -2.28. The molecule has 1 aromatic rings. The van der Waals surface area contributed by atoms with E-state index in [9.17, 15) is 4.79 Å². The Kier molecular flexibility index (Phi) is 4.44. The first-order valence-corrected chi connectivity index (χ1v) is 6.54. The van der Waals surface area contributed by atoms with Gasteiger partial charge in [0.2, 0.25) is 0 Å². The average molecular weight is 261 g/mol. The Balaban J connectivity index is 2.12. The zero-order valence-electron chi connectivity index (χ0n) is 11.2. The largest absolute Gasteiger partial charge is 0.491 e. The number of hydrogen-bond acceptors (Lipinski definition) is 4. The maximum absolute atomic E-state index is 11.6. The van der Waals surface area contributed by atoms with Gasteiger partial charge in [0.05, 0.1) is 18.9 Å². The SMILES string of the molecule is C=C(CN1CCCOc2ccccc21)C(=O)OCC. The number of ether oxygens (including phenoxy) is 2. The molecule has 0 radical (unpaired) electrons. The minimum Gasteiger partial charge on any atom is -0.491 e. The van der Waals surface area contributed by atoms with E-state index in [0.29, 0.717) is 25.3 Å². The summed E-state index contributed by atoms with van der Waals surface area (Å²) in [6.45, 7) is 7.99. The zero-order valence-corrected chi connectivity index (χ0v) is 11.2. The fourth-order valence-corrected chi connectivity index (χ4v) is 2.09. The summed E-state index contributed by atoms with van der Waals surface area (Å²) < 4.78 is 10.6. The molecule has 1 aliphatic rings. The molecular weight excluding hydrogens is 242 g/mol. The Hall–Kier alpha value is -1.97. The van der Waals surface area contributed by atoms with E-state index < -0.39 is 0 Å². The van der Waals surface area contributed by atoms with Crippen LogP contribution in [0.15, 0.2) is 36.4 Å². The standard InChI is InChI=1S/C15H19NO3/c1-3-18-15(17)12(2)11-16-9-6-10-19-14-8-5-4-7-13(14)16/h4-5,7-8H,2-3,6,9-11H2,1H3. The van der Waals surface area contributed by atoms with Gasteiger partial charge in [0.1, 0.15) is 5.75 Å². The number of esters is 1. The van der Waals surface area contributed by atoms with Crippen LogP contribution in [-0.2, 0) is 9.53 Å². The highest BCUT2D eigenvalue weighted by atomic mass is 16.5. The van der Waals surface area contributed by atoms with Crippen LogP contribution in [0.5, 0.6) is 5.75 Å². The number of para-hydroxylation sites is 2. The molecule has 0 unspecified atom stereocenters. The quantitative estimate of drug-likeness (QED) is 0.616. The summed E-state index contributed by atoms with van der Waals surface area (Å²) in [5, 5.41) is 0. The van der Waals surface area contributed by atoms with Crippen LogP contribution >= 0.6 is 0 Å². The van der Waals surface area contributed by atoms with Gasteiger partial charge in [0.25, 0.3) is 0 Å². The number of nitrogens with zero attached hydrogens (tertiary/aromatic N) is 1. The van der Waals surface area contributed by atoms with Gasteiger partial charge in [-0.15, -0.1) is 0 Å². The molecule has 1 aromatic carbocycles. The van der Waals surface area contributed by atoms with Crippen LogP contribution in [0, 0.1) is 0 Å². The van der Waals surface area contributed by atoms with Gasteiger partial charge in [-0.2, -0.15) is 0 Å². The monoisotopic (exact) mass is 261 g/mol. The van der Waals surface area contributed by atoms with Crippen molar-refractivity contribution in [1.82, 2.24) is 0 Å². The lowest BCUT2D eigenvalue weighted by Gasteiger charge is -2.24. The lowest BCUT2D eigenvalue weighted by molar-refractivity contribution is -0.138. The first-order chi connectivity index (χ1) is 9.22. The Morgan fingerprint density at radius 1 is 1.47 bits per heavy atom. The Morgan fingerprint density at radius 2 is 2.26 bits per heavy atom. The number of fused-ring (bicyclic) bond motifs is 1. The first kappa shape index (κ1) is 13.5. The van der Waals surface area contributed by atoms with Crippen molar-refractivity contribution in [2.45, 2.75) is 13.3 Å². The molecule has 0 atom stereocenters. The van der Waals surface area contributed by atoms with Crippen molar-refractivity contribution in [2.24, 2.45) is 0 Å². The molecule has 0 saturated carbocycles. The van der Waals surface area contributed by atoms with Gasteiger partial charge in [-0.3, -0.25) is 0 Å². The van der Waals surface area contributed by atoms with Crippen molar-refractivity contribution in [1.29, 1.82) is 0 Å². The van der Waals surface area contributed by atoms with E-state index in [4.69, 9.17) is 9.47 Å². The van der Waals surface area contributed by atoms with Crippen LogP contribution in [0.1, 0.15) is 13.3 Å². The number of rotatable bonds is 4. The van der Waals surface area contributed by atoms with Crippen LogP contribution in [0.2, 0.25) is 0 Å². The molecule has 0 aliphatic carbocycles. The van der Waals surface area contributed by atoms with E-state index in [0.717, 1.165) is 24.4 Å². The Bertz CT molecular complexity index is 470. The maximum Gasteiger partial charge on any atom is 0.335 e. The van der Waals surface area contributed by atoms with E-state index in [1.807, 2.05) is 24.3 Å². The molecule has 0 bridgehead atoms. The second-order valence-electron chi connectivity index (χ2n) is 4.42. The maximum atomic E-state index is 11.6. The molecule has 2 rings (SSSR count). The van der Waals surface area contributed by atoms with Crippen LogP contribution in [-0.4, -0.2) is 32.3 Å². The van der Waals surface area contributed by atoms with E-state index in [1.165, 1.54) is 0 Å². The molecule has 0 spiro atoms. The van der Waals surface area contributed by atoms with Crippen molar-refractivity contribution in [2.75, 3.05) is 31.2 Å². The Morgan fingerprint density at radius 3 is 3.05 bits per heavy atom. The van der Waals surface area contributed by atoms with Crippen molar-refractivity contribution in [3.05, 3.63) is 36.4 Å². The zero-order chi connectivity index (χ0) is 13.7. The van der Waals surface area contributed by atoms with Gasteiger partial charge in [-0.1, -0.05) is 18.7 Å². The predicted molar refractivity (Wildman–Crippen MR) is 74.5 cm³/mol. The summed E-state index contributed by atoms with van der Waals surface area (Å²) in [7, 11) is 0. The van der Waals surface area contributed by atoms with Crippen LogP contribution in [0.25, 0.3) is 0 Å². The van der Waals surface area contributed by atoms with Crippen molar-refractivity contribution >= 4 is 11.7 Å². The van der Waals surface area contributed by atoms with E-state index >= 15 is 0 Å². The molecule has 0 amide bonds. The third-order valence-electron chi connectivity index (χ3n) is 2.98. The van der Waals surface area contributed by atoms with Gasteiger partial charge < -0.3 is 14.4 Å². The Labute approximate surface area is 113 Å². The van der Waals surface area contributed by atoms with E-state index in [1.54, 1.807) is 6.92 Å². The summed E-state index contributed by atoms with van der Waals surface area (Å²) in [6.07, 6.45) is 0.921. The van der Waals surface area contributed by atoms with Crippen LogP contribution < -0.4 is 9.64 Å². The van der Waals surface area contributed by atoms with Crippen molar-refractivity contribution < 1.29 is 14.3 Å². The third-order valence-corrected chi connectivity index (χ3v) is 2.98. The number of benzene rings is 1. The smallest absolute Gasteiger partial charge is 0.335 e. The molecule has 1 aliphatic heterocycles. The number of hydrogen-bond donors (Lipinski definition) is 0. The van der Waals surface area contributed by atoms with Crippen molar-refractivity contribution in [3.63, 3.8) is 0 Å². The number of anilines is 1. The van der Waals surface area contributed by atoms with E-state index in [-0.39, 0.29) is 5.97 Å². The molecule has 19 heavy (non-hydrogen) atoms. The summed E-state index contributed by atoms with van der Waals surface area (Å²) >= 11 is 0. The molecule has 4 nitrogen and oxygen atoms in total. The lowest BCUT2D eigenvalue weighted by atomic mass is 10.2. The van der Waals surface area contributed by atoms with Crippen LogP contribution in [0.4, 0.5) is 5.69 Å². The van der Waals surface area contributed by atoms with Gasteiger partial charge in [0.15, 0.2) is 0 Å². The minimum atomic E-state index is -0.329. The minimum absolute atomic E-state index is 0.329. The molecule has 0 saturated heterocycles. The summed E-state index contributed by atoms with van der Waals surface area (Å²) in [4.78, 5) is 13.7. The van der Waals surface area contributed by atoms with Crippen molar-refractivity contribution in [3.8, 4) is 5.75 Å². The molecule has 102 valence electrons. The molecule has 0 aromatic heterocycles. The summed E-state index contributed by atoms with van der Waals surface area (Å²) in [5.41, 5.74) is 1.48. The average Bonchev–Trinajstić information content (AvgIpc) is 2.62. The highest BCUT2D eigenvalue weighted by molar-refractivity contribution is 5.89. The molecule has 4 heteroatoms. The highest BCUT2D eigenvalue weighted by Gasteiger charge is 2.19. The van der Waals surface area contributed by atoms with Crippen LogP contribution in [0.3, 0.4) is 0 Å². The second-order valence-corrected chi connectivity index (χ2v) is 4.42. The van der Waals surface area contributed by atoms with Gasteiger partial charge in [-0.05, 0) is 25.5 Å². The normalized spacial score (nSPS) is 14.1. The molecule has 1 heterocycles.